The van der Waals surface area contributed by atoms with Gasteiger partial charge in [-0.05, 0) is 6.42 Å². The summed E-state index contributed by atoms with van der Waals surface area (Å²) in [6, 6.07) is 0. The van der Waals surface area contributed by atoms with E-state index in [1.807, 2.05) is 6.92 Å². The molecule has 0 aliphatic rings. The van der Waals surface area contributed by atoms with E-state index in [1.54, 1.807) is 0 Å². The third-order valence-electron chi connectivity index (χ3n) is 0.965. The van der Waals surface area contributed by atoms with Gasteiger partial charge in [-0.1, -0.05) is 6.92 Å². The lowest BCUT2D eigenvalue weighted by Gasteiger charge is -2.01. The molecule has 0 fully saturated rings. The van der Waals surface area contributed by atoms with Crippen LogP contribution < -0.4 is 5.73 Å². The normalized spacial score (nSPS) is 9.91. The van der Waals surface area contributed by atoms with E-state index in [0.29, 0.717) is 13.2 Å². The highest BCUT2D eigenvalue weighted by molar-refractivity contribution is 5.74. The summed E-state index contributed by atoms with van der Waals surface area (Å²) in [5.41, 5.74) is 4.83. The zero-order valence-corrected chi connectivity index (χ0v) is 6.84. The van der Waals surface area contributed by atoms with Crippen molar-refractivity contribution in [3.8, 4) is 0 Å². The Kier molecular flexibility index (Phi) is 7.08. The summed E-state index contributed by atoms with van der Waals surface area (Å²) in [7, 11) is 0. The van der Waals surface area contributed by atoms with Gasteiger partial charge >= 0.3 is 0 Å². The van der Waals surface area contributed by atoms with E-state index >= 15 is 0 Å². The molecule has 66 valence electrons. The van der Waals surface area contributed by atoms with Gasteiger partial charge < -0.3 is 15.2 Å². The molecule has 0 spiro atoms. The Hall–Kier alpha value is -0.610. The quantitative estimate of drug-likeness (QED) is 0.531. The van der Waals surface area contributed by atoms with Gasteiger partial charge in [0.1, 0.15) is 6.61 Å². The minimum Gasteiger partial charge on any atom is -0.379 e. The van der Waals surface area contributed by atoms with Gasteiger partial charge in [0.25, 0.3) is 0 Å². The molecule has 0 saturated carbocycles. The maximum Gasteiger partial charge on any atom is 0.243 e. The second-order valence-corrected chi connectivity index (χ2v) is 2.13. The molecule has 4 heteroatoms. The van der Waals surface area contributed by atoms with Crippen molar-refractivity contribution in [2.45, 2.75) is 13.3 Å². The molecule has 0 saturated heterocycles. The van der Waals surface area contributed by atoms with E-state index in [1.165, 1.54) is 0 Å². The van der Waals surface area contributed by atoms with Gasteiger partial charge in [-0.15, -0.1) is 0 Å². The minimum atomic E-state index is -0.444. The van der Waals surface area contributed by atoms with Crippen LogP contribution in [0, 0.1) is 0 Å². The molecule has 0 unspecified atom stereocenters. The first-order valence-corrected chi connectivity index (χ1v) is 3.71. The Morgan fingerprint density at radius 1 is 1.27 bits per heavy atom. The molecule has 0 aromatic heterocycles. The molecule has 2 N–H and O–H groups in total. The highest BCUT2D eigenvalue weighted by Crippen LogP contribution is 1.80. The third-order valence-corrected chi connectivity index (χ3v) is 0.965. The molecule has 0 aliphatic carbocycles. The van der Waals surface area contributed by atoms with E-state index in [9.17, 15) is 4.79 Å². The van der Waals surface area contributed by atoms with Crippen LogP contribution in [0.1, 0.15) is 13.3 Å². The third kappa shape index (κ3) is 9.39. The average molecular weight is 161 g/mol. The largest absolute Gasteiger partial charge is 0.379 e. The van der Waals surface area contributed by atoms with Gasteiger partial charge in [-0.3, -0.25) is 4.79 Å². The van der Waals surface area contributed by atoms with E-state index in [4.69, 9.17) is 15.2 Å². The Morgan fingerprint density at radius 2 is 1.91 bits per heavy atom. The summed E-state index contributed by atoms with van der Waals surface area (Å²) < 4.78 is 9.93. The molecule has 0 atom stereocenters. The van der Waals surface area contributed by atoms with Crippen LogP contribution in [-0.4, -0.2) is 32.3 Å². The number of amides is 1. The first-order valence-electron chi connectivity index (χ1n) is 3.71. The predicted molar refractivity (Wildman–Crippen MR) is 41.1 cm³/mol. The zero-order valence-electron chi connectivity index (χ0n) is 6.84. The highest BCUT2D eigenvalue weighted by atomic mass is 16.5. The fourth-order valence-electron chi connectivity index (χ4n) is 0.537. The number of hydrogen-bond donors (Lipinski definition) is 1. The molecular formula is C7H15NO3. The summed E-state index contributed by atoms with van der Waals surface area (Å²) >= 11 is 0. The lowest BCUT2D eigenvalue weighted by molar-refractivity contribution is -0.123. The van der Waals surface area contributed by atoms with Gasteiger partial charge in [0.2, 0.25) is 5.91 Å². The molecule has 0 aliphatic heterocycles. The van der Waals surface area contributed by atoms with Crippen LogP contribution in [0.15, 0.2) is 0 Å². The molecule has 0 aromatic rings. The molecule has 4 nitrogen and oxygen atoms in total. The number of rotatable bonds is 7. The molecule has 0 aromatic carbocycles. The van der Waals surface area contributed by atoms with Crippen LogP contribution >= 0.6 is 0 Å². The van der Waals surface area contributed by atoms with Gasteiger partial charge in [-0.2, -0.15) is 0 Å². The number of ether oxygens (including phenoxy) is 2. The van der Waals surface area contributed by atoms with Gasteiger partial charge in [-0.25, -0.2) is 0 Å². The summed E-state index contributed by atoms with van der Waals surface area (Å²) in [5, 5.41) is 0. The summed E-state index contributed by atoms with van der Waals surface area (Å²) in [6.07, 6.45) is 0.996. The molecule has 0 rings (SSSR count). The lowest BCUT2D eigenvalue weighted by Crippen LogP contribution is -2.19. The van der Waals surface area contributed by atoms with Crippen LogP contribution in [0.2, 0.25) is 0 Å². The van der Waals surface area contributed by atoms with Gasteiger partial charge in [0, 0.05) is 6.61 Å². The summed E-state index contributed by atoms with van der Waals surface area (Å²) in [5.74, 6) is -0.444. The van der Waals surface area contributed by atoms with Crippen LogP contribution in [0.5, 0.6) is 0 Å². The topological polar surface area (TPSA) is 61.6 Å². The fraction of sp³-hybridized carbons (Fsp3) is 0.857. The molecule has 0 radical (unpaired) electrons. The minimum absolute atomic E-state index is 0.0184. The Bertz CT molecular complexity index is 106. The molecular weight excluding hydrogens is 146 g/mol. The summed E-state index contributed by atoms with van der Waals surface area (Å²) in [4.78, 5) is 10.1. The average Bonchev–Trinajstić information content (AvgIpc) is 1.96. The Morgan fingerprint density at radius 3 is 2.45 bits per heavy atom. The van der Waals surface area contributed by atoms with Gasteiger partial charge in [0.15, 0.2) is 0 Å². The standard InChI is InChI=1S/C7H15NO3/c1-2-3-10-4-5-11-6-7(8)9/h2-6H2,1H3,(H2,8,9). The van der Waals surface area contributed by atoms with Crippen molar-refractivity contribution >= 4 is 5.91 Å². The highest BCUT2D eigenvalue weighted by Gasteiger charge is 1.92. The van der Waals surface area contributed by atoms with E-state index in [0.717, 1.165) is 13.0 Å². The molecule has 1 amide bonds. The van der Waals surface area contributed by atoms with Crippen molar-refractivity contribution in [1.82, 2.24) is 0 Å². The van der Waals surface area contributed by atoms with Crippen LogP contribution in [0.3, 0.4) is 0 Å². The number of hydrogen-bond acceptors (Lipinski definition) is 3. The maximum absolute atomic E-state index is 10.1. The predicted octanol–water partition coefficient (Wildman–Crippen LogP) is -0.0851. The van der Waals surface area contributed by atoms with E-state index in [2.05, 4.69) is 0 Å². The first kappa shape index (κ1) is 10.4. The maximum atomic E-state index is 10.1. The summed E-state index contributed by atoms with van der Waals surface area (Å²) in [6.45, 7) is 3.71. The van der Waals surface area contributed by atoms with Crippen molar-refractivity contribution in [3.05, 3.63) is 0 Å². The van der Waals surface area contributed by atoms with Crippen LogP contribution in [0.25, 0.3) is 0 Å². The number of nitrogens with two attached hydrogens (primary N) is 1. The molecule has 0 bridgehead atoms. The van der Waals surface area contributed by atoms with Crippen molar-refractivity contribution in [3.63, 3.8) is 0 Å². The first-order chi connectivity index (χ1) is 5.27. The lowest BCUT2D eigenvalue weighted by atomic mass is 10.5. The van der Waals surface area contributed by atoms with Gasteiger partial charge in [0.05, 0.1) is 13.2 Å². The number of carbonyl (C=O) groups is 1. The SMILES string of the molecule is CCCOCCOCC(N)=O. The van der Waals surface area contributed by atoms with Crippen molar-refractivity contribution in [2.24, 2.45) is 5.73 Å². The smallest absolute Gasteiger partial charge is 0.243 e. The second-order valence-electron chi connectivity index (χ2n) is 2.13. The van der Waals surface area contributed by atoms with Crippen molar-refractivity contribution in [2.75, 3.05) is 26.4 Å². The second kappa shape index (κ2) is 7.50. The van der Waals surface area contributed by atoms with E-state index < -0.39 is 5.91 Å². The Balaban J connectivity index is 2.85. The molecule has 0 heterocycles. The Labute approximate surface area is 66.7 Å². The molecule has 11 heavy (non-hydrogen) atoms. The number of primary amides is 1. The van der Waals surface area contributed by atoms with Crippen LogP contribution in [-0.2, 0) is 14.3 Å². The van der Waals surface area contributed by atoms with Crippen molar-refractivity contribution < 1.29 is 14.3 Å². The van der Waals surface area contributed by atoms with Crippen LogP contribution in [0.4, 0.5) is 0 Å². The zero-order chi connectivity index (χ0) is 8.53. The van der Waals surface area contributed by atoms with E-state index in [-0.39, 0.29) is 6.61 Å². The van der Waals surface area contributed by atoms with Crippen molar-refractivity contribution in [1.29, 1.82) is 0 Å². The number of carbonyl (C=O) groups excluding carboxylic acids is 1. The monoisotopic (exact) mass is 161 g/mol. The fourth-order valence-corrected chi connectivity index (χ4v) is 0.537.